The summed E-state index contributed by atoms with van der Waals surface area (Å²) in [4.78, 5) is 12.8. The van der Waals surface area contributed by atoms with Gasteiger partial charge in [-0.15, -0.1) is 0 Å². The average Bonchev–Trinajstić information content (AvgIpc) is 3.46. The molecule has 0 radical (unpaired) electrons. The molecule has 29 heavy (non-hydrogen) atoms. The number of aliphatic hydroxyl groups is 1. The van der Waals surface area contributed by atoms with Crippen LogP contribution in [0.2, 0.25) is 0 Å². The molecule has 6 nitrogen and oxygen atoms in total. The Hall–Kier alpha value is -2.22. The highest BCUT2D eigenvalue weighted by Crippen LogP contribution is 2.45. The van der Waals surface area contributed by atoms with E-state index in [2.05, 4.69) is 5.32 Å². The van der Waals surface area contributed by atoms with Gasteiger partial charge >= 0.3 is 0 Å². The van der Waals surface area contributed by atoms with E-state index in [4.69, 9.17) is 0 Å². The monoisotopic (exact) mass is 414 g/mol. The van der Waals surface area contributed by atoms with Gasteiger partial charge in [-0.25, -0.2) is 8.42 Å². The van der Waals surface area contributed by atoms with E-state index in [9.17, 15) is 18.3 Å². The van der Waals surface area contributed by atoms with Crippen LogP contribution in [0.3, 0.4) is 0 Å². The molecule has 1 amide bonds. The molecule has 7 heteroatoms. The first kappa shape index (κ1) is 20.1. The molecule has 2 aromatic carbocycles. The molecule has 0 spiro atoms. The minimum absolute atomic E-state index is 0.119. The van der Waals surface area contributed by atoms with Crippen molar-refractivity contribution in [3.8, 4) is 0 Å². The zero-order valence-electron chi connectivity index (χ0n) is 16.3. The van der Waals surface area contributed by atoms with Gasteiger partial charge in [-0.05, 0) is 61.4 Å². The van der Waals surface area contributed by atoms with Gasteiger partial charge < -0.3 is 10.4 Å². The van der Waals surface area contributed by atoms with Gasteiger partial charge in [0.05, 0.1) is 11.4 Å². The summed E-state index contributed by atoms with van der Waals surface area (Å²) in [6.45, 7) is 1.21. The van der Waals surface area contributed by atoms with Crippen LogP contribution in [0.15, 0.2) is 59.5 Å². The van der Waals surface area contributed by atoms with Crippen molar-refractivity contribution in [2.45, 2.75) is 36.2 Å². The summed E-state index contributed by atoms with van der Waals surface area (Å²) >= 11 is 0. The first-order valence-electron chi connectivity index (χ1n) is 10.1. The summed E-state index contributed by atoms with van der Waals surface area (Å²) < 4.78 is 26.7. The third-order valence-electron chi connectivity index (χ3n) is 5.86. The average molecular weight is 415 g/mol. The van der Waals surface area contributed by atoms with Crippen LogP contribution in [0.5, 0.6) is 0 Å². The molecule has 0 bridgehead atoms. The summed E-state index contributed by atoms with van der Waals surface area (Å²) in [6.07, 6.45) is 3.63. The number of nitrogens with one attached hydrogen (secondary N) is 1. The highest BCUT2D eigenvalue weighted by molar-refractivity contribution is 7.89. The number of amides is 1. The lowest BCUT2D eigenvalue weighted by molar-refractivity contribution is 0.0135. The van der Waals surface area contributed by atoms with Crippen LogP contribution in [0.25, 0.3) is 0 Å². The fraction of sp³-hybridized carbons (Fsp3) is 0.409. The normalized spacial score (nSPS) is 19.6. The number of benzene rings is 2. The van der Waals surface area contributed by atoms with Crippen LogP contribution in [0, 0.1) is 5.92 Å². The van der Waals surface area contributed by atoms with E-state index in [0.717, 1.165) is 31.2 Å². The van der Waals surface area contributed by atoms with E-state index >= 15 is 0 Å². The fourth-order valence-electron chi connectivity index (χ4n) is 3.94. The van der Waals surface area contributed by atoms with Crippen molar-refractivity contribution in [1.82, 2.24) is 9.62 Å². The lowest BCUT2D eigenvalue weighted by atomic mass is 9.88. The maximum atomic E-state index is 12.6. The molecule has 1 unspecified atom stereocenters. The molecule has 1 aliphatic carbocycles. The smallest absolute Gasteiger partial charge is 0.251 e. The third kappa shape index (κ3) is 4.08. The number of carbonyl (C=O) groups is 1. The quantitative estimate of drug-likeness (QED) is 0.729. The number of carbonyl (C=O) groups excluding carboxylic acids is 1. The summed E-state index contributed by atoms with van der Waals surface area (Å²) in [7, 11) is -3.49. The lowest BCUT2D eigenvalue weighted by Crippen LogP contribution is -2.42. The Labute approximate surface area is 171 Å². The van der Waals surface area contributed by atoms with E-state index in [-0.39, 0.29) is 23.3 Å². The molecule has 2 aromatic rings. The predicted octanol–water partition coefficient (Wildman–Crippen LogP) is 2.50. The summed E-state index contributed by atoms with van der Waals surface area (Å²) in [5.74, 6) is -0.191. The minimum atomic E-state index is -3.49. The van der Waals surface area contributed by atoms with E-state index in [1.807, 2.05) is 30.3 Å². The van der Waals surface area contributed by atoms with Gasteiger partial charge in [-0.2, -0.15) is 4.31 Å². The summed E-state index contributed by atoms with van der Waals surface area (Å²) in [5.41, 5.74) is 0.0853. The van der Waals surface area contributed by atoms with Crippen LogP contribution in [0.1, 0.15) is 41.6 Å². The highest BCUT2D eigenvalue weighted by Gasteiger charge is 2.45. The van der Waals surface area contributed by atoms with Gasteiger partial charge in [0.15, 0.2) is 0 Å². The number of rotatable bonds is 7. The minimum Gasteiger partial charge on any atom is -0.383 e. The molecule has 1 aliphatic heterocycles. The highest BCUT2D eigenvalue weighted by atomic mass is 32.2. The Bertz CT molecular complexity index is 966. The number of nitrogens with zero attached hydrogens (tertiary/aromatic N) is 1. The predicted molar refractivity (Wildman–Crippen MR) is 110 cm³/mol. The maximum Gasteiger partial charge on any atom is 0.251 e. The van der Waals surface area contributed by atoms with E-state index in [0.29, 0.717) is 18.7 Å². The third-order valence-corrected chi connectivity index (χ3v) is 7.78. The molecular weight excluding hydrogens is 388 g/mol. The van der Waals surface area contributed by atoms with Crippen molar-refractivity contribution in [1.29, 1.82) is 0 Å². The Morgan fingerprint density at radius 1 is 1.03 bits per heavy atom. The zero-order chi connectivity index (χ0) is 20.5. The number of hydrogen-bond donors (Lipinski definition) is 2. The topological polar surface area (TPSA) is 86.7 Å². The fourth-order valence-corrected chi connectivity index (χ4v) is 5.46. The maximum absolute atomic E-state index is 12.6. The molecule has 1 heterocycles. The molecule has 2 N–H and O–H groups in total. The van der Waals surface area contributed by atoms with Crippen molar-refractivity contribution in [2.75, 3.05) is 19.6 Å². The van der Waals surface area contributed by atoms with Crippen molar-refractivity contribution >= 4 is 15.9 Å². The number of hydrogen-bond acceptors (Lipinski definition) is 4. The van der Waals surface area contributed by atoms with Crippen molar-refractivity contribution < 1.29 is 18.3 Å². The van der Waals surface area contributed by atoms with E-state index < -0.39 is 15.6 Å². The van der Waals surface area contributed by atoms with Crippen LogP contribution in [0.4, 0.5) is 0 Å². The molecule has 2 aliphatic rings. The van der Waals surface area contributed by atoms with Crippen LogP contribution in [-0.4, -0.2) is 43.4 Å². The van der Waals surface area contributed by atoms with Gasteiger partial charge in [-0.3, -0.25) is 4.79 Å². The summed E-state index contributed by atoms with van der Waals surface area (Å²) in [5, 5.41) is 14.0. The number of sulfonamides is 1. The molecular formula is C22H26N2O4S. The molecule has 1 saturated carbocycles. The van der Waals surface area contributed by atoms with Crippen LogP contribution in [-0.2, 0) is 15.6 Å². The Balaban J connectivity index is 1.45. The van der Waals surface area contributed by atoms with E-state index in [1.165, 1.54) is 28.6 Å². The van der Waals surface area contributed by atoms with Gasteiger partial charge in [0, 0.05) is 18.7 Å². The lowest BCUT2D eigenvalue weighted by Gasteiger charge is -2.29. The molecule has 2 fully saturated rings. The molecule has 1 atom stereocenters. The standard InChI is InChI=1S/C22H26N2O4S/c25-21(23-16-22(26,19-10-11-19)18-6-2-1-3-7-18)17-8-12-20(13-9-17)29(27,28)24-14-4-5-15-24/h1-3,6-9,12-13,19,26H,4-5,10-11,14-16H2,(H,23,25). The molecule has 1 saturated heterocycles. The SMILES string of the molecule is O=C(NCC(O)(c1ccccc1)C1CC1)c1ccc(S(=O)(=O)N2CCCC2)cc1. The molecule has 4 rings (SSSR count). The second-order valence-electron chi connectivity index (χ2n) is 7.88. The second-order valence-corrected chi connectivity index (χ2v) is 9.82. The van der Waals surface area contributed by atoms with Crippen molar-refractivity contribution in [3.05, 3.63) is 65.7 Å². The van der Waals surface area contributed by atoms with Gasteiger partial charge in [0.2, 0.25) is 10.0 Å². The zero-order valence-corrected chi connectivity index (χ0v) is 17.1. The largest absolute Gasteiger partial charge is 0.383 e. The first-order valence-corrected chi connectivity index (χ1v) is 11.5. The van der Waals surface area contributed by atoms with Gasteiger partial charge in [0.1, 0.15) is 5.60 Å². The summed E-state index contributed by atoms with van der Waals surface area (Å²) in [6, 6.07) is 15.4. The van der Waals surface area contributed by atoms with Crippen molar-refractivity contribution in [3.63, 3.8) is 0 Å². The van der Waals surface area contributed by atoms with Crippen LogP contribution >= 0.6 is 0 Å². The Morgan fingerprint density at radius 2 is 1.66 bits per heavy atom. The van der Waals surface area contributed by atoms with Crippen LogP contribution < -0.4 is 5.32 Å². The first-order chi connectivity index (χ1) is 13.9. The second kappa shape index (κ2) is 7.89. The molecule has 154 valence electrons. The van der Waals surface area contributed by atoms with Gasteiger partial charge in [0.25, 0.3) is 5.91 Å². The van der Waals surface area contributed by atoms with E-state index in [1.54, 1.807) is 0 Å². The Morgan fingerprint density at radius 3 is 2.24 bits per heavy atom. The Kier molecular flexibility index (Phi) is 5.46. The van der Waals surface area contributed by atoms with Crippen molar-refractivity contribution in [2.24, 2.45) is 5.92 Å². The molecule has 0 aromatic heterocycles. The van der Waals surface area contributed by atoms with Gasteiger partial charge in [-0.1, -0.05) is 30.3 Å².